The van der Waals surface area contributed by atoms with Crippen molar-refractivity contribution in [2.24, 2.45) is 0 Å². The van der Waals surface area contributed by atoms with Crippen LogP contribution in [-0.2, 0) is 0 Å². The van der Waals surface area contributed by atoms with Gasteiger partial charge in [-0.2, -0.15) is 0 Å². The highest BCUT2D eigenvalue weighted by Gasteiger charge is 2.14. The fourth-order valence-corrected chi connectivity index (χ4v) is 3.35. The van der Waals surface area contributed by atoms with Gasteiger partial charge in [0.1, 0.15) is 16.9 Å². The minimum Gasteiger partial charge on any atom is -0.451 e. The van der Waals surface area contributed by atoms with Crippen LogP contribution in [-0.4, -0.2) is 16.0 Å². The van der Waals surface area contributed by atoms with Gasteiger partial charge in [-0.05, 0) is 66.8 Å². The third-order valence-corrected chi connectivity index (χ3v) is 4.82. The molecule has 2 heterocycles. The topological polar surface area (TPSA) is 80.3 Å². The summed E-state index contributed by atoms with van der Waals surface area (Å²) in [6.07, 6.45) is 0. The number of nitrogens with zero attached hydrogens (tertiary/aromatic N) is 1. The van der Waals surface area contributed by atoms with Crippen LogP contribution in [0.25, 0.3) is 33.5 Å². The van der Waals surface area contributed by atoms with Crippen LogP contribution in [0.15, 0.2) is 81.6 Å². The summed E-state index contributed by atoms with van der Waals surface area (Å²) in [4.78, 5) is 16.9. The first-order valence-electron chi connectivity index (χ1n) is 9.33. The van der Waals surface area contributed by atoms with Crippen molar-refractivity contribution in [1.29, 1.82) is 0 Å². The Morgan fingerprint density at radius 3 is 2.55 bits per heavy atom. The maximum atomic E-state index is 13.1. The quantitative estimate of drug-likeness (QED) is 0.367. The zero-order chi connectivity index (χ0) is 21.4. The molecule has 0 unspecified atom stereocenters. The van der Waals surface area contributed by atoms with E-state index in [9.17, 15) is 9.18 Å². The summed E-state index contributed by atoms with van der Waals surface area (Å²) in [5, 5.41) is 6.50. The van der Waals surface area contributed by atoms with E-state index < -0.39 is 5.91 Å². The van der Waals surface area contributed by atoms with Gasteiger partial charge in [-0.15, -0.1) is 0 Å². The Balaban J connectivity index is 1.30. The molecule has 0 fully saturated rings. The van der Waals surface area contributed by atoms with Crippen molar-refractivity contribution >= 4 is 51.0 Å². The van der Waals surface area contributed by atoms with Crippen molar-refractivity contribution in [2.45, 2.75) is 0 Å². The molecule has 0 aliphatic carbocycles. The van der Waals surface area contributed by atoms with Crippen molar-refractivity contribution in [3.63, 3.8) is 0 Å². The molecule has 0 aliphatic heterocycles. The van der Waals surface area contributed by atoms with Gasteiger partial charge in [-0.3, -0.25) is 10.1 Å². The number of hydrogen-bond acceptors (Lipinski definition) is 5. The Morgan fingerprint density at radius 2 is 1.74 bits per heavy atom. The zero-order valence-corrected chi connectivity index (χ0v) is 16.7. The highest BCUT2D eigenvalue weighted by molar-refractivity contribution is 7.80. The van der Waals surface area contributed by atoms with Gasteiger partial charge in [-0.25, -0.2) is 9.37 Å². The molecule has 5 aromatic rings. The molecule has 1 amide bonds. The van der Waals surface area contributed by atoms with Crippen molar-refractivity contribution in [3.05, 3.63) is 84.4 Å². The van der Waals surface area contributed by atoms with E-state index >= 15 is 0 Å². The van der Waals surface area contributed by atoms with Gasteiger partial charge >= 0.3 is 0 Å². The average Bonchev–Trinajstić information content (AvgIpc) is 3.38. The van der Waals surface area contributed by atoms with Crippen LogP contribution in [0, 0.1) is 5.82 Å². The fraction of sp³-hybridized carbons (Fsp3) is 0. The second-order valence-electron chi connectivity index (χ2n) is 6.77. The van der Waals surface area contributed by atoms with E-state index in [0.29, 0.717) is 33.8 Å². The van der Waals surface area contributed by atoms with E-state index in [0.717, 1.165) is 5.39 Å². The van der Waals surface area contributed by atoms with Gasteiger partial charge in [0.25, 0.3) is 5.91 Å². The molecular weight excluding hydrogens is 417 g/mol. The number of anilines is 1. The summed E-state index contributed by atoms with van der Waals surface area (Å²) in [5.41, 5.74) is 3.08. The van der Waals surface area contributed by atoms with E-state index in [1.807, 2.05) is 18.2 Å². The van der Waals surface area contributed by atoms with Crippen LogP contribution in [0.5, 0.6) is 0 Å². The summed E-state index contributed by atoms with van der Waals surface area (Å²) in [5.74, 6) is -0.228. The molecule has 152 valence electrons. The van der Waals surface area contributed by atoms with Crippen LogP contribution < -0.4 is 10.6 Å². The molecule has 0 saturated carbocycles. The van der Waals surface area contributed by atoms with Crippen LogP contribution >= 0.6 is 12.2 Å². The summed E-state index contributed by atoms with van der Waals surface area (Å²) < 4.78 is 24.4. The van der Waals surface area contributed by atoms with E-state index in [1.54, 1.807) is 42.5 Å². The number of halogens is 1. The summed E-state index contributed by atoms with van der Waals surface area (Å²) >= 11 is 5.25. The van der Waals surface area contributed by atoms with E-state index in [2.05, 4.69) is 15.6 Å². The van der Waals surface area contributed by atoms with E-state index in [1.165, 1.54) is 12.1 Å². The average molecular weight is 431 g/mol. The lowest BCUT2D eigenvalue weighted by atomic mass is 10.2. The largest absolute Gasteiger partial charge is 0.451 e. The van der Waals surface area contributed by atoms with Gasteiger partial charge < -0.3 is 14.2 Å². The molecule has 8 heteroatoms. The number of carbonyl (C=O) groups excluding carboxylic acids is 1. The smallest absolute Gasteiger partial charge is 0.293 e. The highest BCUT2D eigenvalue weighted by atomic mass is 32.1. The molecule has 2 aromatic heterocycles. The number of oxazole rings is 1. The molecule has 0 saturated heterocycles. The fourth-order valence-electron chi connectivity index (χ4n) is 3.14. The molecule has 0 radical (unpaired) electrons. The van der Waals surface area contributed by atoms with Gasteiger partial charge in [-0.1, -0.05) is 18.2 Å². The third kappa shape index (κ3) is 3.88. The number of rotatable bonds is 3. The van der Waals surface area contributed by atoms with E-state index in [4.69, 9.17) is 21.1 Å². The predicted octanol–water partition coefficient (Wildman–Crippen LogP) is 5.51. The molecule has 0 atom stereocenters. The number of nitrogens with one attached hydrogen (secondary N) is 2. The number of aromatic nitrogens is 1. The van der Waals surface area contributed by atoms with Crippen molar-refractivity contribution in [3.8, 4) is 11.5 Å². The van der Waals surface area contributed by atoms with Crippen LogP contribution in [0.1, 0.15) is 10.6 Å². The van der Waals surface area contributed by atoms with Gasteiger partial charge in [0.2, 0.25) is 5.89 Å². The third-order valence-electron chi connectivity index (χ3n) is 4.61. The summed E-state index contributed by atoms with van der Waals surface area (Å²) in [7, 11) is 0. The van der Waals surface area contributed by atoms with Crippen molar-refractivity contribution < 1.29 is 18.0 Å². The van der Waals surface area contributed by atoms with Crippen LogP contribution in [0.2, 0.25) is 0 Å². The molecule has 3 aromatic carbocycles. The first-order valence-corrected chi connectivity index (χ1v) is 9.73. The summed E-state index contributed by atoms with van der Waals surface area (Å²) in [6.45, 7) is 0. The number of hydrogen-bond donors (Lipinski definition) is 2. The number of fused-ring (bicyclic) bond motifs is 2. The van der Waals surface area contributed by atoms with Gasteiger partial charge in [0, 0.05) is 16.6 Å². The van der Waals surface area contributed by atoms with Crippen molar-refractivity contribution in [2.75, 3.05) is 5.32 Å². The number of benzene rings is 3. The number of carbonyl (C=O) groups is 1. The minimum absolute atomic E-state index is 0.118. The molecule has 0 bridgehead atoms. The highest BCUT2D eigenvalue weighted by Crippen LogP contribution is 2.26. The second-order valence-corrected chi connectivity index (χ2v) is 7.17. The van der Waals surface area contributed by atoms with Crippen LogP contribution in [0.4, 0.5) is 10.1 Å². The Hall–Kier alpha value is -4.04. The Bertz CT molecular complexity index is 1410. The Kier molecular flexibility index (Phi) is 4.68. The molecule has 0 spiro atoms. The maximum absolute atomic E-state index is 13.1. The SMILES string of the molecule is O=C(NC(=S)Nc1ccc2oc(-c3ccc(F)cc3)nc2c1)c1cc2ccccc2o1. The molecule has 31 heavy (non-hydrogen) atoms. The minimum atomic E-state index is -0.449. The first-order chi connectivity index (χ1) is 15.0. The first kappa shape index (κ1) is 19.0. The number of thiocarbonyl (C=S) groups is 1. The standard InChI is InChI=1S/C23H14FN3O3S/c24-15-7-5-13(6-8-15)22-26-17-12-16(9-10-19(17)30-22)25-23(31)27-21(28)20-11-14-3-1-2-4-18(14)29-20/h1-12H,(H2,25,27,28,31). The molecule has 5 rings (SSSR count). The molecular formula is C23H14FN3O3S. The number of furan rings is 1. The lowest BCUT2D eigenvalue weighted by Crippen LogP contribution is -2.33. The monoisotopic (exact) mass is 431 g/mol. The Labute approximate surface area is 180 Å². The second kappa shape index (κ2) is 7.66. The maximum Gasteiger partial charge on any atom is 0.293 e. The zero-order valence-electron chi connectivity index (χ0n) is 15.9. The predicted molar refractivity (Wildman–Crippen MR) is 119 cm³/mol. The van der Waals surface area contributed by atoms with Crippen molar-refractivity contribution in [1.82, 2.24) is 10.3 Å². The van der Waals surface area contributed by atoms with Crippen LogP contribution in [0.3, 0.4) is 0 Å². The summed E-state index contributed by atoms with van der Waals surface area (Å²) in [6, 6.07) is 20.1. The molecule has 0 aliphatic rings. The molecule has 6 nitrogen and oxygen atoms in total. The number of amides is 1. The lowest BCUT2D eigenvalue weighted by molar-refractivity contribution is 0.0953. The molecule has 2 N–H and O–H groups in total. The van der Waals surface area contributed by atoms with E-state index in [-0.39, 0.29) is 16.7 Å². The number of para-hydroxylation sites is 1. The van der Waals surface area contributed by atoms with Gasteiger partial charge in [0.05, 0.1) is 0 Å². The lowest BCUT2D eigenvalue weighted by Gasteiger charge is -2.08. The Morgan fingerprint density at radius 1 is 0.935 bits per heavy atom. The normalized spacial score (nSPS) is 11.0. The van der Waals surface area contributed by atoms with Gasteiger partial charge in [0.15, 0.2) is 16.5 Å².